The van der Waals surface area contributed by atoms with Crippen LogP contribution in [0.25, 0.3) is 0 Å². The van der Waals surface area contributed by atoms with Crippen LogP contribution >= 0.6 is 0 Å². The first kappa shape index (κ1) is 18.7. The predicted molar refractivity (Wildman–Crippen MR) is 86.1 cm³/mol. The van der Waals surface area contributed by atoms with Crippen LogP contribution in [0.4, 0.5) is 18.9 Å². The molecule has 0 atom stereocenters. The van der Waals surface area contributed by atoms with Gasteiger partial charge in [0.2, 0.25) is 10.0 Å². The zero-order chi connectivity index (χ0) is 18.6. The van der Waals surface area contributed by atoms with Crippen molar-refractivity contribution in [2.24, 2.45) is 0 Å². The number of carbonyl (C=O) groups is 1. The number of amides is 1. The minimum atomic E-state index is -3.75. The molecule has 0 fully saturated rings. The highest BCUT2D eigenvalue weighted by Crippen LogP contribution is 2.20. The van der Waals surface area contributed by atoms with Crippen molar-refractivity contribution in [2.45, 2.75) is 4.90 Å². The van der Waals surface area contributed by atoms with Gasteiger partial charge in [0.15, 0.2) is 17.5 Å². The second kappa shape index (κ2) is 7.49. The topological polar surface area (TPSA) is 75.3 Å². The van der Waals surface area contributed by atoms with Crippen molar-refractivity contribution in [3.8, 4) is 0 Å². The molecule has 0 aromatic heterocycles. The fourth-order valence-electron chi connectivity index (χ4n) is 1.85. The lowest BCUT2D eigenvalue weighted by Crippen LogP contribution is -2.23. The van der Waals surface area contributed by atoms with E-state index >= 15 is 0 Å². The largest absolute Gasteiger partial charge is 0.319 e. The van der Waals surface area contributed by atoms with Crippen molar-refractivity contribution in [1.29, 1.82) is 0 Å². The van der Waals surface area contributed by atoms with E-state index in [9.17, 15) is 26.4 Å². The SMILES string of the molecule is C=CCNS(=O)(=O)c1ccc(C(=O)Nc2ccc(F)c(F)c2F)cc1. The predicted octanol–water partition coefficient (Wildman–Crippen LogP) is 2.82. The number of halogens is 3. The van der Waals surface area contributed by atoms with Gasteiger partial charge in [0, 0.05) is 12.1 Å². The summed E-state index contributed by atoms with van der Waals surface area (Å²) in [4.78, 5) is 11.9. The van der Waals surface area contributed by atoms with Crippen LogP contribution in [0, 0.1) is 17.5 Å². The summed E-state index contributed by atoms with van der Waals surface area (Å²) in [6, 6.07) is 6.33. The first-order valence-electron chi connectivity index (χ1n) is 6.91. The smallest absolute Gasteiger partial charge is 0.255 e. The van der Waals surface area contributed by atoms with Gasteiger partial charge in [-0.25, -0.2) is 26.3 Å². The molecule has 1 amide bonds. The van der Waals surface area contributed by atoms with E-state index in [4.69, 9.17) is 0 Å². The van der Waals surface area contributed by atoms with Crippen LogP contribution < -0.4 is 10.0 Å². The molecule has 0 saturated carbocycles. The lowest BCUT2D eigenvalue weighted by molar-refractivity contribution is 0.102. The Bertz CT molecular complexity index is 913. The van der Waals surface area contributed by atoms with Crippen LogP contribution in [-0.4, -0.2) is 20.9 Å². The fourth-order valence-corrected chi connectivity index (χ4v) is 2.85. The van der Waals surface area contributed by atoms with E-state index in [2.05, 4.69) is 16.6 Å². The number of hydrogen-bond donors (Lipinski definition) is 2. The zero-order valence-corrected chi connectivity index (χ0v) is 13.5. The van der Waals surface area contributed by atoms with E-state index in [1.807, 2.05) is 0 Å². The Morgan fingerprint density at radius 1 is 1.04 bits per heavy atom. The third-order valence-corrected chi connectivity index (χ3v) is 4.57. The number of anilines is 1. The van der Waals surface area contributed by atoms with Crippen molar-refractivity contribution < 1.29 is 26.4 Å². The van der Waals surface area contributed by atoms with Gasteiger partial charge >= 0.3 is 0 Å². The molecule has 2 N–H and O–H groups in total. The van der Waals surface area contributed by atoms with Crippen molar-refractivity contribution >= 4 is 21.6 Å². The quantitative estimate of drug-likeness (QED) is 0.607. The Labute approximate surface area is 142 Å². The molecule has 132 valence electrons. The molecule has 2 rings (SSSR count). The van der Waals surface area contributed by atoms with Crippen molar-refractivity contribution in [3.05, 3.63) is 72.1 Å². The van der Waals surface area contributed by atoms with E-state index < -0.39 is 39.1 Å². The molecule has 0 heterocycles. The Morgan fingerprint density at radius 2 is 1.68 bits per heavy atom. The van der Waals surface area contributed by atoms with Crippen molar-refractivity contribution in [3.63, 3.8) is 0 Å². The first-order valence-corrected chi connectivity index (χ1v) is 8.40. The van der Waals surface area contributed by atoms with Gasteiger partial charge in [0.25, 0.3) is 5.91 Å². The molecular formula is C16H13F3N2O3S. The second-order valence-corrected chi connectivity index (χ2v) is 6.61. The van der Waals surface area contributed by atoms with Gasteiger partial charge in [-0.15, -0.1) is 6.58 Å². The Morgan fingerprint density at radius 3 is 2.28 bits per heavy atom. The van der Waals surface area contributed by atoms with Gasteiger partial charge in [0.05, 0.1) is 10.6 Å². The molecule has 0 unspecified atom stereocenters. The van der Waals surface area contributed by atoms with Gasteiger partial charge < -0.3 is 5.32 Å². The van der Waals surface area contributed by atoms with E-state index in [0.29, 0.717) is 6.07 Å². The van der Waals surface area contributed by atoms with Gasteiger partial charge in [-0.1, -0.05) is 6.08 Å². The van der Waals surface area contributed by atoms with Gasteiger partial charge in [-0.3, -0.25) is 4.79 Å². The lowest BCUT2D eigenvalue weighted by atomic mass is 10.2. The molecule has 2 aromatic carbocycles. The lowest BCUT2D eigenvalue weighted by Gasteiger charge is -2.08. The van der Waals surface area contributed by atoms with Crippen LogP contribution in [0.2, 0.25) is 0 Å². The highest BCUT2D eigenvalue weighted by Gasteiger charge is 2.17. The highest BCUT2D eigenvalue weighted by atomic mass is 32.2. The van der Waals surface area contributed by atoms with Crippen molar-refractivity contribution in [2.75, 3.05) is 11.9 Å². The minimum absolute atomic E-state index is 0.00630. The van der Waals surface area contributed by atoms with Crippen LogP contribution in [0.15, 0.2) is 53.9 Å². The van der Waals surface area contributed by atoms with Crippen LogP contribution in [0.1, 0.15) is 10.4 Å². The number of sulfonamides is 1. The Hall–Kier alpha value is -2.65. The summed E-state index contributed by atoms with van der Waals surface area (Å²) in [5, 5.41) is 2.09. The molecule has 0 aliphatic rings. The summed E-state index contributed by atoms with van der Waals surface area (Å²) in [7, 11) is -3.75. The highest BCUT2D eigenvalue weighted by molar-refractivity contribution is 7.89. The number of carbonyl (C=O) groups excluding carboxylic acids is 1. The molecular weight excluding hydrogens is 357 g/mol. The van der Waals surface area contributed by atoms with Crippen LogP contribution in [-0.2, 0) is 10.0 Å². The molecule has 0 spiro atoms. The van der Waals surface area contributed by atoms with E-state index in [1.54, 1.807) is 0 Å². The number of hydrogen-bond acceptors (Lipinski definition) is 3. The standard InChI is InChI=1S/C16H13F3N2O3S/c1-2-9-20-25(23,24)11-5-3-10(4-6-11)16(22)21-13-8-7-12(17)14(18)15(13)19/h2-8,20H,1,9H2,(H,21,22). The number of rotatable bonds is 6. The fraction of sp³-hybridized carbons (Fsp3) is 0.0625. The zero-order valence-electron chi connectivity index (χ0n) is 12.7. The molecule has 0 aliphatic carbocycles. The van der Waals surface area contributed by atoms with Gasteiger partial charge in [-0.2, -0.15) is 0 Å². The Kier molecular flexibility index (Phi) is 5.60. The third kappa shape index (κ3) is 4.25. The molecule has 5 nitrogen and oxygen atoms in total. The molecule has 0 saturated heterocycles. The number of benzene rings is 2. The summed E-state index contributed by atoms with van der Waals surface area (Å²) < 4.78 is 65.6. The van der Waals surface area contributed by atoms with Crippen LogP contribution in [0.5, 0.6) is 0 Å². The van der Waals surface area contributed by atoms with Gasteiger partial charge in [0.1, 0.15) is 0 Å². The Balaban J connectivity index is 2.19. The van der Waals surface area contributed by atoms with E-state index in [-0.39, 0.29) is 17.0 Å². The first-order chi connectivity index (χ1) is 11.8. The summed E-state index contributed by atoms with van der Waals surface area (Å²) in [6.07, 6.45) is 1.37. The summed E-state index contributed by atoms with van der Waals surface area (Å²) in [6.45, 7) is 3.43. The van der Waals surface area contributed by atoms with E-state index in [1.165, 1.54) is 30.3 Å². The molecule has 25 heavy (non-hydrogen) atoms. The van der Waals surface area contributed by atoms with Gasteiger partial charge in [-0.05, 0) is 36.4 Å². The van der Waals surface area contributed by atoms with Crippen molar-refractivity contribution in [1.82, 2.24) is 4.72 Å². The average molecular weight is 370 g/mol. The molecule has 0 radical (unpaired) electrons. The molecule has 9 heteroatoms. The average Bonchev–Trinajstić information content (AvgIpc) is 2.60. The maximum absolute atomic E-state index is 13.6. The molecule has 2 aromatic rings. The second-order valence-electron chi connectivity index (χ2n) is 4.84. The third-order valence-electron chi connectivity index (χ3n) is 3.13. The number of nitrogens with one attached hydrogen (secondary N) is 2. The normalized spacial score (nSPS) is 11.2. The minimum Gasteiger partial charge on any atom is -0.319 e. The summed E-state index contributed by atoms with van der Waals surface area (Å²) in [5.41, 5.74) is -0.528. The molecule has 0 aliphatic heterocycles. The van der Waals surface area contributed by atoms with Crippen LogP contribution in [0.3, 0.4) is 0 Å². The maximum Gasteiger partial charge on any atom is 0.255 e. The summed E-state index contributed by atoms with van der Waals surface area (Å²) in [5.74, 6) is -5.42. The maximum atomic E-state index is 13.6. The van der Waals surface area contributed by atoms with E-state index in [0.717, 1.165) is 6.07 Å². The molecule has 0 bridgehead atoms. The monoisotopic (exact) mass is 370 g/mol. The summed E-state index contributed by atoms with van der Waals surface area (Å²) >= 11 is 0.